The maximum Gasteiger partial charge on any atom is 0.342 e. The van der Waals surface area contributed by atoms with Crippen molar-refractivity contribution in [3.8, 4) is 0 Å². The van der Waals surface area contributed by atoms with Crippen LogP contribution in [0.3, 0.4) is 0 Å². The summed E-state index contributed by atoms with van der Waals surface area (Å²) >= 11 is 1.20. The Morgan fingerprint density at radius 1 is 1.48 bits per heavy atom. The number of aromatic nitrogens is 1. The van der Waals surface area contributed by atoms with Crippen molar-refractivity contribution in [2.45, 2.75) is 6.42 Å². The van der Waals surface area contributed by atoms with Gasteiger partial charge in [0.15, 0.2) is 0 Å². The van der Waals surface area contributed by atoms with Gasteiger partial charge in [-0.3, -0.25) is 14.2 Å². The number of benzene rings is 1. The molecule has 4 heterocycles. The molecule has 7 nitrogen and oxygen atoms in total. The molecule has 3 aromatic heterocycles. The molecule has 1 aliphatic rings. The first-order valence-electron chi connectivity index (χ1n) is 9.40. The summed E-state index contributed by atoms with van der Waals surface area (Å²) in [6.45, 7) is 2.29. The van der Waals surface area contributed by atoms with Crippen molar-refractivity contribution in [2.24, 2.45) is 10.9 Å². The number of nitrogens with zero attached hydrogens (tertiary/aromatic N) is 3. The van der Waals surface area contributed by atoms with Crippen LogP contribution in [0.25, 0.3) is 26.6 Å². The smallest absolute Gasteiger partial charge is 0.342 e. The summed E-state index contributed by atoms with van der Waals surface area (Å²) in [5.74, 6) is -1.41. The van der Waals surface area contributed by atoms with Crippen LogP contribution in [0, 0.1) is 11.7 Å². The van der Waals surface area contributed by atoms with Crippen LogP contribution in [-0.4, -0.2) is 49.2 Å². The fourth-order valence-corrected chi connectivity index (χ4v) is 5.75. The van der Waals surface area contributed by atoms with Gasteiger partial charge in [0.2, 0.25) is 5.43 Å². The van der Waals surface area contributed by atoms with E-state index < -0.39 is 17.2 Å². The predicted molar refractivity (Wildman–Crippen MR) is 112 cm³/mol. The molecule has 0 amide bonds. The first-order valence-corrected chi connectivity index (χ1v) is 10.3. The monoisotopic (exact) mass is 414 g/mol. The number of carbonyl (C=O) groups is 1. The molecule has 1 aromatic carbocycles. The van der Waals surface area contributed by atoms with Crippen molar-refractivity contribution in [3.63, 3.8) is 0 Å². The van der Waals surface area contributed by atoms with Crippen LogP contribution in [-0.2, 0) is 0 Å². The minimum Gasteiger partial charge on any atom is -0.477 e. The molecular formula is C20H19FN4O3S. The average molecular weight is 414 g/mol. The highest BCUT2D eigenvalue weighted by Crippen LogP contribution is 2.38. The molecule has 4 aromatic rings. The molecule has 5 rings (SSSR count). The number of thiazole rings is 1. The number of aromatic carboxylic acids is 1. The summed E-state index contributed by atoms with van der Waals surface area (Å²) in [4.78, 5) is 31.5. The third-order valence-corrected chi connectivity index (χ3v) is 6.82. The van der Waals surface area contributed by atoms with Crippen LogP contribution in [0.5, 0.6) is 0 Å². The van der Waals surface area contributed by atoms with Gasteiger partial charge in [0.25, 0.3) is 0 Å². The zero-order valence-electron chi connectivity index (χ0n) is 16.0. The average Bonchev–Trinajstić information content (AvgIpc) is 3.37. The fourth-order valence-electron chi connectivity index (χ4n) is 4.72. The number of anilines is 1. The van der Waals surface area contributed by atoms with Gasteiger partial charge in [-0.15, -0.1) is 11.3 Å². The lowest BCUT2D eigenvalue weighted by Gasteiger charge is -2.21. The van der Waals surface area contributed by atoms with Crippen LogP contribution in [0.15, 0.2) is 21.2 Å². The molecule has 0 aliphatic carbocycles. The lowest BCUT2D eigenvalue weighted by atomic mass is 10.1. The number of rotatable bonds is 4. The molecule has 2 N–H and O–H groups in total. The van der Waals surface area contributed by atoms with E-state index in [9.17, 15) is 14.7 Å². The topological polar surface area (TPSA) is 86.4 Å². The van der Waals surface area contributed by atoms with Crippen LogP contribution < -0.4 is 21.0 Å². The number of pyridine rings is 1. The molecule has 9 heteroatoms. The highest BCUT2D eigenvalue weighted by atomic mass is 32.1. The van der Waals surface area contributed by atoms with Gasteiger partial charge in [-0.05, 0) is 32.0 Å². The summed E-state index contributed by atoms with van der Waals surface area (Å²) in [5, 5.41) is 15.8. The SMILES string of the molecule is CN=c1c2c(N3CCC(CNC)C3)c(F)cc3c(=O)c(C(=O)O)c4scc1n4c32. The summed E-state index contributed by atoms with van der Waals surface area (Å²) in [6.07, 6.45) is 0.949. The van der Waals surface area contributed by atoms with Crippen LogP contribution in [0.2, 0.25) is 0 Å². The first-order chi connectivity index (χ1) is 14.0. The van der Waals surface area contributed by atoms with Crippen molar-refractivity contribution in [3.05, 3.63) is 38.4 Å². The second kappa shape index (κ2) is 6.36. The first kappa shape index (κ1) is 18.3. The van der Waals surface area contributed by atoms with E-state index in [1.165, 1.54) is 17.4 Å². The van der Waals surface area contributed by atoms with E-state index >= 15 is 4.39 Å². The third-order valence-electron chi connectivity index (χ3n) is 5.87. The van der Waals surface area contributed by atoms with Gasteiger partial charge in [0, 0.05) is 25.5 Å². The molecule has 0 radical (unpaired) electrons. The Kier molecular flexibility index (Phi) is 4.01. The van der Waals surface area contributed by atoms with Gasteiger partial charge in [-0.2, -0.15) is 0 Å². The van der Waals surface area contributed by atoms with Crippen LogP contribution in [0.4, 0.5) is 10.1 Å². The van der Waals surface area contributed by atoms with Gasteiger partial charge in [-0.1, -0.05) is 0 Å². The molecule has 1 fully saturated rings. The minimum absolute atomic E-state index is 0.0837. The largest absolute Gasteiger partial charge is 0.477 e. The quantitative estimate of drug-likeness (QED) is 0.533. The Bertz CT molecular complexity index is 1390. The fraction of sp³-hybridized carbons (Fsp3) is 0.350. The Hall–Kier alpha value is -2.78. The minimum atomic E-state index is -1.31. The number of carboxylic acid groups (broad SMARTS) is 1. The third kappa shape index (κ3) is 2.34. The Labute approximate surface area is 168 Å². The zero-order valence-corrected chi connectivity index (χ0v) is 16.8. The second-order valence-electron chi connectivity index (χ2n) is 7.48. The summed E-state index contributed by atoms with van der Waals surface area (Å²) < 4.78 is 17.1. The van der Waals surface area contributed by atoms with Crippen molar-refractivity contribution < 1.29 is 14.3 Å². The summed E-state index contributed by atoms with van der Waals surface area (Å²) in [5.41, 5.74) is 0.737. The number of hydrogen-bond donors (Lipinski definition) is 2. The molecule has 0 saturated carbocycles. The number of hydrogen-bond acceptors (Lipinski definition) is 6. The number of halogens is 1. The van der Waals surface area contributed by atoms with Gasteiger partial charge in [-0.25, -0.2) is 9.18 Å². The molecule has 29 heavy (non-hydrogen) atoms. The summed E-state index contributed by atoms with van der Waals surface area (Å²) in [7, 11) is 3.54. The van der Waals surface area contributed by atoms with E-state index in [1.807, 2.05) is 11.9 Å². The lowest BCUT2D eigenvalue weighted by molar-refractivity contribution is 0.0697. The van der Waals surface area contributed by atoms with Crippen LogP contribution in [0.1, 0.15) is 16.8 Å². The van der Waals surface area contributed by atoms with E-state index in [0.717, 1.165) is 19.5 Å². The summed E-state index contributed by atoms with van der Waals surface area (Å²) in [6, 6.07) is 1.20. The highest BCUT2D eigenvalue weighted by molar-refractivity contribution is 7.16. The molecule has 1 saturated heterocycles. The van der Waals surface area contributed by atoms with Gasteiger partial charge < -0.3 is 15.3 Å². The van der Waals surface area contributed by atoms with Crippen molar-refractivity contribution >= 4 is 49.6 Å². The lowest BCUT2D eigenvalue weighted by Crippen LogP contribution is -2.26. The van der Waals surface area contributed by atoms with Crippen molar-refractivity contribution in [1.29, 1.82) is 0 Å². The standard InChI is InChI=1S/C20H19FN4O3S/c1-22-6-9-3-4-24(7-9)17-11(21)5-10-16-13(17)15(23-2)12-8-29-19(25(12)16)14(18(10)26)20(27)28/h5,8-9,22H,3-4,6-7H2,1-2H3,(H,27,28). The van der Waals surface area contributed by atoms with Gasteiger partial charge >= 0.3 is 5.97 Å². The van der Waals surface area contributed by atoms with E-state index in [4.69, 9.17) is 0 Å². The normalized spacial score (nSPS) is 18.2. The number of carboxylic acids is 1. The second-order valence-corrected chi connectivity index (χ2v) is 8.34. The van der Waals surface area contributed by atoms with Gasteiger partial charge in [0.05, 0.1) is 32.9 Å². The van der Waals surface area contributed by atoms with E-state index in [2.05, 4.69) is 10.3 Å². The molecule has 1 atom stereocenters. The molecule has 0 spiro atoms. The maximum atomic E-state index is 15.4. The van der Waals surface area contributed by atoms with E-state index in [-0.39, 0.29) is 10.9 Å². The van der Waals surface area contributed by atoms with Crippen molar-refractivity contribution in [2.75, 3.05) is 38.6 Å². The van der Waals surface area contributed by atoms with Gasteiger partial charge in [0.1, 0.15) is 16.2 Å². The molecule has 1 unspecified atom stereocenters. The molecule has 0 bridgehead atoms. The Morgan fingerprint density at radius 3 is 2.97 bits per heavy atom. The van der Waals surface area contributed by atoms with E-state index in [1.54, 1.807) is 16.8 Å². The van der Waals surface area contributed by atoms with Crippen molar-refractivity contribution in [1.82, 2.24) is 9.72 Å². The van der Waals surface area contributed by atoms with E-state index in [0.29, 0.717) is 44.8 Å². The molecular weight excluding hydrogens is 395 g/mol. The predicted octanol–water partition coefficient (Wildman–Crippen LogP) is 1.96. The number of nitrogens with one attached hydrogen (secondary N) is 1. The molecule has 150 valence electrons. The maximum absolute atomic E-state index is 15.4. The highest BCUT2D eigenvalue weighted by Gasteiger charge is 2.31. The molecule has 1 aliphatic heterocycles. The zero-order chi connectivity index (χ0) is 20.4. The Morgan fingerprint density at radius 2 is 2.28 bits per heavy atom. The Balaban J connectivity index is 1.92. The van der Waals surface area contributed by atoms with Crippen LogP contribution >= 0.6 is 11.3 Å².